The number of hydrogen-bond donors (Lipinski definition) is 2. The summed E-state index contributed by atoms with van der Waals surface area (Å²) in [4.78, 5) is 3.99. The second-order valence-corrected chi connectivity index (χ2v) is 6.46. The molecule has 0 fully saturated rings. The Morgan fingerprint density at radius 2 is 1.95 bits per heavy atom. The normalized spacial score (nSPS) is 11.3. The van der Waals surface area contributed by atoms with Crippen LogP contribution in [0.4, 0.5) is 11.5 Å². The van der Waals surface area contributed by atoms with E-state index >= 15 is 0 Å². The third-order valence-electron chi connectivity index (χ3n) is 2.60. The lowest BCUT2D eigenvalue weighted by Crippen LogP contribution is -2.16. The Kier molecular flexibility index (Phi) is 3.87. The number of pyridine rings is 1. The van der Waals surface area contributed by atoms with Crippen LogP contribution in [-0.2, 0) is 10.0 Å². The van der Waals surface area contributed by atoms with Crippen molar-refractivity contribution in [3.05, 3.63) is 46.6 Å². The van der Waals surface area contributed by atoms with E-state index < -0.39 is 10.0 Å². The van der Waals surface area contributed by atoms with E-state index in [4.69, 9.17) is 17.3 Å². The third kappa shape index (κ3) is 3.02. The zero-order valence-electron chi connectivity index (χ0n) is 11.0. The van der Waals surface area contributed by atoms with E-state index in [2.05, 4.69) is 9.71 Å². The molecule has 0 unspecified atom stereocenters. The molecule has 3 N–H and O–H groups in total. The zero-order valence-corrected chi connectivity index (χ0v) is 12.6. The summed E-state index contributed by atoms with van der Waals surface area (Å²) in [5.41, 5.74) is 7.41. The van der Waals surface area contributed by atoms with Crippen LogP contribution >= 0.6 is 11.6 Å². The fraction of sp³-hybridized carbons (Fsp3) is 0.154. The van der Waals surface area contributed by atoms with Crippen LogP contribution in [0.15, 0.2) is 35.2 Å². The molecule has 1 heterocycles. The minimum absolute atomic E-state index is 0.0712. The SMILES string of the molecule is Cc1cc(C)nc(NS(=O)(=O)c2c(N)cccc2Cl)c1. The fourth-order valence-electron chi connectivity index (χ4n) is 1.89. The van der Waals surface area contributed by atoms with Gasteiger partial charge in [0.1, 0.15) is 10.7 Å². The Bertz CT molecular complexity index is 720. The molecule has 20 heavy (non-hydrogen) atoms. The van der Waals surface area contributed by atoms with Crippen LogP contribution in [0.2, 0.25) is 5.02 Å². The van der Waals surface area contributed by atoms with Gasteiger partial charge < -0.3 is 5.73 Å². The molecule has 0 aliphatic carbocycles. The number of anilines is 2. The molecule has 0 saturated carbocycles. The van der Waals surface area contributed by atoms with Gasteiger partial charge in [0, 0.05) is 5.69 Å². The first kappa shape index (κ1) is 14.6. The second-order valence-electron chi connectivity index (χ2n) is 4.43. The second kappa shape index (κ2) is 5.30. The lowest BCUT2D eigenvalue weighted by molar-refractivity contribution is 0.601. The molecule has 0 saturated heterocycles. The zero-order chi connectivity index (χ0) is 14.9. The minimum atomic E-state index is -3.88. The standard InChI is InChI=1S/C13H14ClN3O2S/c1-8-6-9(2)16-12(7-8)17-20(18,19)13-10(14)4-3-5-11(13)15/h3-7H,15H2,1-2H3,(H,16,17). The molecule has 7 heteroatoms. The maximum Gasteiger partial charge on any atom is 0.266 e. The molecule has 0 spiro atoms. The van der Waals surface area contributed by atoms with Gasteiger partial charge in [-0.15, -0.1) is 0 Å². The van der Waals surface area contributed by atoms with Gasteiger partial charge in [0.25, 0.3) is 10.0 Å². The van der Waals surface area contributed by atoms with E-state index in [1.807, 2.05) is 13.0 Å². The van der Waals surface area contributed by atoms with Crippen LogP contribution in [0.1, 0.15) is 11.3 Å². The number of benzene rings is 1. The predicted molar refractivity (Wildman–Crippen MR) is 80.4 cm³/mol. The molecule has 0 aliphatic rings. The van der Waals surface area contributed by atoms with Crippen LogP contribution in [0.3, 0.4) is 0 Å². The number of nitrogens with one attached hydrogen (secondary N) is 1. The van der Waals surface area contributed by atoms with Crippen molar-refractivity contribution in [3.8, 4) is 0 Å². The molecule has 1 aromatic carbocycles. The molecule has 1 aromatic heterocycles. The van der Waals surface area contributed by atoms with Crippen LogP contribution in [-0.4, -0.2) is 13.4 Å². The summed E-state index contributed by atoms with van der Waals surface area (Å²) >= 11 is 5.92. The first-order valence-electron chi connectivity index (χ1n) is 5.82. The van der Waals surface area contributed by atoms with E-state index in [1.54, 1.807) is 19.1 Å². The average molecular weight is 312 g/mol. The highest BCUT2D eigenvalue weighted by molar-refractivity contribution is 7.93. The fourth-order valence-corrected chi connectivity index (χ4v) is 3.56. The topological polar surface area (TPSA) is 85.1 Å². The van der Waals surface area contributed by atoms with Crippen molar-refractivity contribution in [2.24, 2.45) is 0 Å². The molecule has 0 aliphatic heterocycles. The highest BCUT2D eigenvalue weighted by Crippen LogP contribution is 2.28. The van der Waals surface area contributed by atoms with Crippen LogP contribution in [0, 0.1) is 13.8 Å². The molecular weight excluding hydrogens is 298 g/mol. The van der Waals surface area contributed by atoms with E-state index in [-0.39, 0.29) is 21.4 Å². The maximum absolute atomic E-state index is 12.4. The monoisotopic (exact) mass is 311 g/mol. The summed E-state index contributed by atoms with van der Waals surface area (Å²) in [5.74, 6) is 0.238. The largest absolute Gasteiger partial charge is 0.398 e. The lowest BCUT2D eigenvalue weighted by atomic mass is 10.2. The lowest BCUT2D eigenvalue weighted by Gasteiger charge is -2.11. The maximum atomic E-state index is 12.4. The Balaban J connectivity index is 2.46. The van der Waals surface area contributed by atoms with Gasteiger partial charge >= 0.3 is 0 Å². The van der Waals surface area contributed by atoms with Crippen LogP contribution in [0.25, 0.3) is 0 Å². The molecule has 2 rings (SSSR count). The number of rotatable bonds is 3. The third-order valence-corrected chi connectivity index (χ3v) is 4.50. The van der Waals surface area contributed by atoms with Gasteiger partial charge in [-0.1, -0.05) is 17.7 Å². The highest BCUT2D eigenvalue weighted by atomic mass is 35.5. The number of halogens is 1. The van der Waals surface area contributed by atoms with E-state index in [9.17, 15) is 8.42 Å². The van der Waals surface area contributed by atoms with Crippen LogP contribution in [0.5, 0.6) is 0 Å². The molecule has 5 nitrogen and oxygen atoms in total. The van der Waals surface area contributed by atoms with Gasteiger partial charge in [-0.3, -0.25) is 4.72 Å². The summed E-state index contributed by atoms with van der Waals surface area (Å²) < 4.78 is 27.1. The van der Waals surface area contributed by atoms with Crippen molar-refractivity contribution in [1.29, 1.82) is 0 Å². The number of nitrogen functional groups attached to an aromatic ring is 1. The molecule has 0 atom stereocenters. The Morgan fingerprint density at radius 1 is 1.25 bits per heavy atom. The molecule has 2 aromatic rings. The van der Waals surface area contributed by atoms with Gasteiger partial charge in [0.05, 0.1) is 10.7 Å². The van der Waals surface area contributed by atoms with E-state index in [0.29, 0.717) is 0 Å². The van der Waals surface area contributed by atoms with Crippen molar-refractivity contribution in [1.82, 2.24) is 4.98 Å². The minimum Gasteiger partial charge on any atom is -0.398 e. The molecule has 0 bridgehead atoms. The molecule has 0 radical (unpaired) electrons. The van der Waals surface area contributed by atoms with Crippen molar-refractivity contribution < 1.29 is 8.42 Å². The summed E-state index contributed by atoms with van der Waals surface area (Å²) in [6.45, 7) is 3.64. The van der Waals surface area contributed by atoms with Crippen molar-refractivity contribution in [2.45, 2.75) is 18.7 Å². The average Bonchev–Trinajstić information content (AvgIpc) is 2.25. The highest BCUT2D eigenvalue weighted by Gasteiger charge is 2.21. The number of nitrogens with two attached hydrogens (primary N) is 1. The van der Waals surface area contributed by atoms with Crippen LogP contribution < -0.4 is 10.5 Å². The summed E-state index contributed by atoms with van der Waals surface area (Å²) in [5, 5.41) is 0.0712. The van der Waals surface area contributed by atoms with Gasteiger partial charge in [0.15, 0.2) is 0 Å². The number of sulfonamides is 1. The van der Waals surface area contributed by atoms with Gasteiger partial charge in [-0.05, 0) is 43.7 Å². The summed E-state index contributed by atoms with van der Waals surface area (Å²) in [6.07, 6.45) is 0. The first-order chi connectivity index (χ1) is 9.29. The summed E-state index contributed by atoms with van der Waals surface area (Å²) in [7, 11) is -3.88. The molecule has 106 valence electrons. The van der Waals surface area contributed by atoms with Gasteiger partial charge in [-0.25, -0.2) is 13.4 Å². The Labute approximate surface area is 122 Å². The van der Waals surface area contributed by atoms with E-state index in [0.717, 1.165) is 11.3 Å². The van der Waals surface area contributed by atoms with Crippen molar-refractivity contribution in [2.75, 3.05) is 10.5 Å². The van der Waals surface area contributed by atoms with Crippen molar-refractivity contribution in [3.63, 3.8) is 0 Å². The first-order valence-corrected chi connectivity index (χ1v) is 7.68. The number of hydrogen-bond acceptors (Lipinski definition) is 4. The van der Waals surface area contributed by atoms with Crippen molar-refractivity contribution >= 4 is 33.1 Å². The van der Waals surface area contributed by atoms with Gasteiger partial charge in [0.2, 0.25) is 0 Å². The van der Waals surface area contributed by atoms with Gasteiger partial charge in [-0.2, -0.15) is 0 Å². The molecular formula is C13H14ClN3O2S. The number of aromatic nitrogens is 1. The predicted octanol–water partition coefficient (Wildman–Crippen LogP) is 2.73. The summed E-state index contributed by atoms with van der Waals surface area (Å²) in [6, 6.07) is 8.03. The number of nitrogens with zero attached hydrogens (tertiary/aromatic N) is 1. The Hall–Kier alpha value is -1.79. The van der Waals surface area contributed by atoms with E-state index in [1.165, 1.54) is 12.1 Å². The molecule has 0 amide bonds. The quantitative estimate of drug-likeness (QED) is 0.853. The Morgan fingerprint density at radius 3 is 2.55 bits per heavy atom. The number of aryl methyl sites for hydroxylation is 2. The smallest absolute Gasteiger partial charge is 0.266 e.